The highest BCUT2D eigenvalue weighted by Gasteiger charge is 2.17. The van der Waals surface area contributed by atoms with E-state index in [-0.39, 0.29) is 6.61 Å². The molecule has 0 unspecified atom stereocenters. The van der Waals surface area contributed by atoms with E-state index < -0.39 is 0 Å². The molecule has 0 saturated heterocycles. The maximum atomic E-state index is 8.75. The minimum absolute atomic E-state index is 0.0793. The number of fused-ring (bicyclic) bond motifs is 1. The summed E-state index contributed by atoms with van der Waals surface area (Å²) in [4.78, 5) is 3.79. The molecule has 1 aliphatic heterocycles. The largest absolute Gasteiger partial charge is 0.384 e. The van der Waals surface area contributed by atoms with Gasteiger partial charge in [0.25, 0.3) is 0 Å². The van der Waals surface area contributed by atoms with Gasteiger partial charge < -0.3 is 10.0 Å². The fourth-order valence-electron chi connectivity index (χ4n) is 2.83. The average molecular weight is 297 g/mol. The van der Waals surface area contributed by atoms with Crippen molar-refractivity contribution in [1.82, 2.24) is 0 Å². The average Bonchev–Trinajstić information content (AvgIpc) is 2.92. The molecule has 0 atom stereocenters. The van der Waals surface area contributed by atoms with E-state index >= 15 is 0 Å². The van der Waals surface area contributed by atoms with Crippen molar-refractivity contribution in [3.8, 4) is 11.8 Å². The molecule has 0 aliphatic carbocycles. The Morgan fingerprint density at radius 3 is 3.10 bits per heavy atom. The number of hydrogen-bond donors (Lipinski definition) is 1. The zero-order valence-electron chi connectivity index (χ0n) is 12.2. The molecule has 0 spiro atoms. The third-order valence-corrected chi connectivity index (χ3v) is 4.68. The van der Waals surface area contributed by atoms with Crippen LogP contribution in [0.15, 0.2) is 29.6 Å². The molecule has 1 N–H and O–H groups in total. The smallest absolute Gasteiger partial charge is 0.104 e. The van der Waals surface area contributed by atoms with Gasteiger partial charge in [0.15, 0.2) is 0 Å². The Kier molecular flexibility index (Phi) is 4.28. The van der Waals surface area contributed by atoms with Gasteiger partial charge in [-0.05, 0) is 37.5 Å². The number of aryl methyl sites for hydroxylation is 2. The number of aliphatic hydroxyl groups is 1. The highest BCUT2D eigenvalue weighted by Crippen LogP contribution is 2.30. The Balaban J connectivity index is 1.79. The quantitative estimate of drug-likeness (QED) is 0.859. The van der Waals surface area contributed by atoms with E-state index in [4.69, 9.17) is 5.11 Å². The molecule has 0 saturated carbocycles. The van der Waals surface area contributed by atoms with Gasteiger partial charge in [0, 0.05) is 28.1 Å². The van der Waals surface area contributed by atoms with Crippen LogP contribution in [-0.2, 0) is 13.0 Å². The van der Waals surface area contributed by atoms with Gasteiger partial charge in [-0.2, -0.15) is 0 Å². The SMILES string of the molecule is Cc1ccc2c(c1)CCCN2Cc1cc(C#CCO)cs1. The molecule has 21 heavy (non-hydrogen) atoms. The zero-order valence-corrected chi connectivity index (χ0v) is 13.0. The summed E-state index contributed by atoms with van der Waals surface area (Å²) in [6, 6.07) is 8.90. The zero-order chi connectivity index (χ0) is 14.7. The topological polar surface area (TPSA) is 23.5 Å². The number of benzene rings is 1. The van der Waals surface area contributed by atoms with Crippen molar-refractivity contribution >= 4 is 17.0 Å². The lowest BCUT2D eigenvalue weighted by atomic mass is 9.99. The molecule has 2 heterocycles. The molecular formula is C18H19NOS. The molecule has 2 nitrogen and oxygen atoms in total. The predicted molar refractivity (Wildman–Crippen MR) is 88.8 cm³/mol. The fourth-order valence-corrected chi connectivity index (χ4v) is 3.66. The van der Waals surface area contributed by atoms with Crippen LogP contribution in [0, 0.1) is 18.8 Å². The van der Waals surface area contributed by atoms with Gasteiger partial charge in [0.1, 0.15) is 6.61 Å². The summed E-state index contributed by atoms with van der Waals surface area (Å²) in [5.74, 6) is 5.67. The van der Waals surface area contributed by atoms with Crippen LogP contribution in [0.1, 0.15) is 28.0 Å². The summed E-state index contributed by atoms with van der Waals surface area (Å²) >= 11 is 1.75. The third kappa shape index (κ3) is 3.29. The van der Waals surface area contributed by atoms with Gasteiger partial charge in [-0.3, -0.25) is 0 Å². The number of thiophene rings is 1. The van der Waals surface area contributed by atoms with Gasteiger partial charge in [0.05, 0.1) is 6.54 Å². The lowest BCUT2D eigenvalue weighted by molar-refractivity contribution is 0.350. The van der Waals surface area contributed by atoms with Crippen LogP contribution >= 0.6 is 11.3 Å². The van der Waals surface area contributed by atoms with E-state index in [1.165, 1.54) is 34.5 Å². The summed E-state index contributed by atoms with van der Waals surface area (Å²) in [7, 11) is 0. The summed E-state index contributed by atoms with van der Waals surface area (Å²) < 4.78 is 0. The molecule has 0 amide bonds. The number of nitrogens with zero attached hydrogens (tertiary/aromatic N) is 1. The minimum atomic E-state index is -0.0793. The van der Waals surface area contributed by atoms with E-state index in [1.54, 1.807) is 11.3 Å². The number of hydrogen-bond acceptors (Lipinski definition) is 3. The normalized spacial score (nSPS) is 13.5. The maximum absolute atomic E-state index is 8.75. The highest BCUT2D eigenvalue weighted by atomic mass is 32.1. The molecule has 0 fully saturated rings. The standard InChI is InChI=1S/C18H19NOS/c1-14-6-7-18-16(10-14)5-2-8-19(18)12-17-11-15(13-21-17)4-3-9-20/h6-7,10-11,13,20H,2,5,8-9,12H2,1H3. The predicted octanol–water partition coefficient (Wildman–Crippen LogP) is 3.35. The lowest BCUT2D eigenvalue weighted by Gasteiger charge is -2.31. The Labute approximate surface area is 130 Å². The van der Waals surface area contributed by atoms with E-state index in [0.29, 0.717) is 0 Å². The van der Waals surface area contributed by atoms with Crippen molar-refractivity contribution in [2.24, 2.45) is 0 Å². The van der Waals surface area contributed by atoms with Crippen LogP contribution < -0.4 is 4.90 Å². The molecule has 1 aliphatic rings. The lowest BCUT2D eigenvalue weighted by Crippen LogP contribution is -2.28. The van der Waals surface area contributed by atoms with Crippen molar-refractivity contribution in [2.45, 2.75) is 26.3 Å². The molecule has 0 radical (unpaired) electrons. The van der Waals surface area contributed by atoms with Gasteiger partial charge in [-0.15, -0.1) is 11.3 Å². The summed E-state index contributed by atoms with van der Waals surface area (Å²) in [6.07, 6.45) is 2.41. The second-order valence-corrected chi connectivity index (χ2v) is 6.41. The second kappa shape index (κ2) is 6.34. The Morgan fingerprint density at radius 2 is 2.24 bits per heavy atom. The van der Waals surface area contributed by atoms with Crippen molar-refractivity contribution in [3.63, 3.8) is 0 Å². The number of aliphatic hydroxyl groups excluding tert-OH is 1. The molecule has 0 bridgehead atoms. The molecule has 3 rings (SSSR count). The first kappa shape index (κ1) is 14.2. The van der Waals surface area contributed by atoms with Crippen LogP contribution in [0.5, 0.6) is 0 Å². The molecule has 2 aromatic rings. The monoisotopic (exact) mass is 297 g/mol. The van der Waals surface area contributed by atoms with Crippen molar-refractivity contribution in [2.75, 3.05) is 18.1 Å². The summed E-state index contributed by atoms with van der Waals surface area (Å²) in [5.41, 5.74) is 5.19. The Bertz CT molecular complexity index is 693. The highest BCUT2D eigenvalue weighted by molar-refractivity contribution is 7.10. The van der Waals surface area contributed by atoms with Gasteiger partial charge >= 0.3 is 0 Å². The van der Waals surface area contributed by atoms with Crippen LogP contribution in [0.25, 0.3) is 0 Å². The number of anilines is 1. The number of rotatable bonds is 2. The van der Waals surface area contributed by atoms with E-state index in [1.807, 2.05) is 0 Å². The molecule has 108 valence electrons. The van der Waals surface area contributed by atoms with Gasteiger partial charge in [-0.25, -0.2) is 0 Å². The molecular weight excluding hydrogens is 278 g/mol. The molecule has 3 heteroatoms. The van der Waals surface area contributed by atoms with Crippen LogP contribution in [0.2, 0.25) is 0 Å². The Morgan fingerprint density at radius 1 is 1.33 bits per heavy atom. The van der Waals surface area contributed by atoms with Crippen LogP contribution in [-0.4, -0.2) is 18.3 Å². The summed E-state index contributed by atoms with van der Waals surface area (Å²) in [5, 5.41) is 10.8. The van der Waals surface area contributed by atoms with Crippen LogP contribution in [0.3, 0.4) is 0 Å². The Hall–Kier alpha value is -1.76. The van der Waals surface area contributed by atoms with Gasteiger partial charge in [-0.1, -0.05) is 29.5 Å². The molecule has 1 aromatic heterocycles. The minimum Gasteiger partial charge on any atom is -0.384 e. The van der Waals surface area contributed by atoms with Crippen molar-refractivity contribution in [3.05, 3.63) is 51.2 Å². The second-order valence-electron chi connectivity index (χ2n) is 5.42. The first-order chi connectivity index (χ1) is 10.3. The molecule has 1 aromatic carbocycles. The first-order valence-corrected chi connectivity index (χ1v) is 8.16. The first-order valence-electron chi connectivity index (χ1n) is 7.28. The summed E-state index contributed by atoms with van der Waals surface area (Å²) in [6.45, 7) is 4.14. The fraction of sp³-hybridized carbons (Fsp3) is 0.333. The van der Waals surface area contributed by atoms with E-state index in [2.05, 4.69) is 53.3 Å². The maximum Gasteiger partial charge on any atom is 0.104 e. The van der Waals surface area contributed by atoms with Crippen molar-refractivity contribution in [1.29, 1.82) is 0 Å². The van der Waals surface area contributed by atoms with Gasteiger partial charge in [0.2, 0.25) is 0 Å². The third-order valence-electron chi connectivity index (χ3n) is 3.76. The van der Waals surface area contributed by atoms with Crippen LogP contribution in [0.4, 0.5) is 5.69 Å². The van der Waals surface area contributed by atoms with Crippen molar-refractivity contribution < 1.29 is 5.11 Å². The van der Waals surface area contributed by atoms with E-state index in [0.717, 1.165) is 18.7 Å². The van der Waals surface area contributed by atoms with E-state index in [9.17, 15) is 0 Å².